The van der Waals surface area contributed by atoms with Gasteiger partial charge in [-0.3, -0.25) is 0 Å². The van der Waals surface area contributed by atoms with E-state index in [4.69, 9.17) is 5.11 Å². The molecule has 6 heteroatoms. The van der Waals surface area contributed by atoms with Gasteiger partial charge in [-0.25, -0.2) is 0 Å². The van der Waals surface area contributed by atoms with Crippen LogP contribution in [0.15, 0.2) is 46.9 Å². The minimum Gasteiger partial charge on any atom is -0.508 e. The van der Waals surface area contributed by atoms with E-state index in [0.29, 0.717) is 17.4 Å². The number of phenolic OH excluding ortho intramolecular Hbond substituents is 1. The van der Waals surface area contributed by atoms with Crippen LogP contribution in [0, 0.1) is 0 Å². The van der Waals surface area contributed by atoms with Gasteiger partial charge in [-0.1, -0.05) is 28.1 Å². The molecule has 2 N–H and O–H groups in total. The zero-order valence-corrected chi connectivity index (χ0v) is 12.5. The van der Waals surface area contributed by atoms with E-state index in [9.17, 15) is 13.2 Å². The number of nitrogens with one attached hydrogen (secondary N) is 1. The Balaban J connectivity index is 2.05. The number of alkyl halides is 3. The predicted molar refractivity (Wildman–Crippen MR) is 79.4 cm³/mol. The third-order valence-electron chi connectivity index (χ3n) is 2.95. The molecule has 0 aromatic heterocycles. The summed E-state index contributed by atoms with van der Waals surface area (Å²) in [6.45, 7) is 0.371. The van der Waals surface area contributed by atoms with Gasteiger partial charge in [-0.05, 0) is 42.3 Å². The van der Waals surface area contributed by atoms with Crippen molar-refractivity contribution in [2.45, 2.75) is 12.6 Å². The Labute approximate surface area is 128 Å². The van der Waals surface area contributed by atoms with Crippen LogP contribution < -0.4 is 5.32 Å². The molecule has 2 nitrogen and oxygen atoms in total. The van der Waals surface area contributed by atoms with E-state index in [2.05, 4.69) is 21.2 Å². The average molecular weight is 360 g/mol. The summed E-state index contributed by atoms with van der Waals surface area (Å²) in [5, 5.41) is 12.0. The Morgan fingerprint density at radius 1 is 1.05 bits per heavy atom. The van der Waals surface area contributed by atoms with Crippen LogP contribution in [0.4, 0.5) is 18.9 Å². The zero-order chi connectivity index (χ0) is 15.5. The number of benzene rings is 2. The summed E-state index contributed by atoms with van der Waals surface area (Å²) < 4.78 is 39.2. The molecule has 2 aromatic rings. The summed E-state index contributed by atoms with van der Waals surface area (Å²) in [6.07, 6.45) is -3.84. The molecule has 0 radical (unpaired) electrons. The molecule has 0 aliphatic carbocycles. The molecular weight excluding hydrogens is 347 g/mol. The number of rotatable bonds is 4. The van der Waals surface area contributed by atoms with E-state index in [1.165, 1.54) is 6.07 Å². The molecular formula is C15H13BrF3NO. The van der Waals surface area contributed by atoms with Gasteiger partial charge in [0.1, 0.15) is 5.75 Å². The van der Waals surface area contributed by atoms with Gasteiger partial charge < -0.3 is 10.4 Å². The van der Waals surface area contributed by atoms with Crippen molar-refractivity contribution < 1.29 is 18.3 Å². The first kappa shape index (κ1) is 15.7. The van der Waals surface area contributed by atoms with E-state index in [1.807, 2.05) is 0 Å². The molecule has 21 heavy (non-hydrogen) atoms. The molecule has 0 heterocycles. The molecule has 0 bridgehead atoms. The van der Waals surface area contributed by atoms with Crippen molar-refractivity contribution in [1.29, 1.82) is 0 Å². The number of anilines is 1. The Hall–Kier alpha value is -1.69. The predicted octanol–water partition coefficient (Wildman–Crippen LogP) is 4.83. The van der Waals surface area contributed by atoms with Crippen molar-refractivity contribution in [2.24, 2.45) is 0 Å². The SMILES string of the molecule is Oc1ccc(CCNc2ccc(Br)cc2C(F)(F)F)cc1. The molecule has 2 aromatic carbocycles. The lowest BCUT2D eigenvalue weighted by molar-refractivity contribution is -0.137. The van der Waals surface area contributed by atoms with Gasteiger partial charge in [0, 0.05) is 16.7 Å². The summed E-state index contributed by atoms with van der Waals surface area (Å²) in [5.74, 6) is 0.166. The number of halogens is 4. The summed E-state index contributed by atoms with van der Waals surface area (Å²) in [4.78, 5) is 0. The van der Waals surface area contributed by atoms with E-state index in [1.54, 1.807) is 30.3 Å². The summed E-state index contributed by atoms with van der Waals surface area (Å²) in [7, 11) is 0. The quantitative estimate of drug-likeness (QED) is 0.819. The van der Waals surface area contributed by atoms with E-state index < -0.39 is 11.7 Å². The third-order valence-corrected chi connectivity index (χ3v) is 3.45. The van der Waals surface area contributed by atoms with Crippen molar-refractivity contribution in [3.05, 3.63) is 58.1 Å². The fourth-order valence-electron chi connectivity index (χ4n) is 1.91. The van der Waals surface area contributed by atoms with Crippen LogP contribution >= 0.6 is 15.9 Å². The molecule has 0 fully saturated rings. The maximum absolute atomic E-state index is 12.9. The lowest BCUT2D eigenvalue weighted by Gasteiger charge is -2.15. The summed E-state index contributed by atoms with van der Waals surface area (Å²) in [5.41, 5.74) is 0.304. The number of hydrogen-bond acceptors (Lipinski definition) is 2. The second kappa shape index (κ2) is 6.39. The standard InChI is InChI=1S/C15H13BrF3NO/c16-11-3-6-14(13(9-11)15(17,18)19)20-8-7-10-1-4-12(21)5-2-10/h1-6,9,20-21H,7-8H2. The van der Waals surface area contributed by atoms with Crippen LogP contribution in [0.2, 0.25) is 0 Å². The van der Waals surface area contributed by atoms with Crippen LogP contribution in [0.1, 0.15) is 11.1 Å². The highest BCUT2D eigenvalue weighted by Crippen LogP contribution is 2.36. The van der Waals surface area contributed by atoms with Crippen molar-refractivity contribution in [2.75, 3.05) is 11.9 Å². The lowest BCUT2D eigenvalue weighted by Crippen LogP contribution is -2.12. The highest BCUT2D eigenvalue weighted by atomic mass is 79.9. The second-order valence-electron chi connectivity index (χ2n) is 4.53. The molecule has 0 aliphatic heterocycles. The van der Waals surface area contributed by atoms with Gasteiger partial charge in [0.25, 0.3) is 0 Å². The summed E-state index contributed by atoms with van der Waals surface area (Å²) >= 11 is 3.05. The molecule has 0 unspecified atom stereocenters. The van der Waals surface area contributed by atoms with Gasteiger partial charge in [-0.2, -0.15) is 13.2 Å². The van der Waals surface area contributed by atoms with Gasteiger partial charge in [0.2, 0.25) is 0 Å². The minimum atomic E-state index is -4.40. The van der Waals surface area contributed by atoms with Crippen LogP contribution in [-0.4, -0.2) is 11.7 Å². The van der Waals surface area contributed by atoms with Crippen molar-refractivity contribution in [3.63, 3.8) is 0 Å². The van der Waals surface area contributed by atoms with Gasteiger partial charge in [-0.15, -0.1) is 0 Å². The topological polar surface area (TPSA) is 32.3 Å². The normalized spacial score (nSPS) is 11.4. The average Bonchev–Trinajstić information content (AvgIpc) is 2.41. The van der Waals surface area contributed by atoms with Gasteiger partial charge >= 0.3 is 6.18 Å². The molecule has 2 rings (SSSR count). The molecule has 0 saturated heterocycles. The Morgan fingerprint density at radius 2 is 1.71 bits per heavy atom. The maximum atomic E-state index is 12.9. The Kier molecular flexibility index (Phi) is 4.77. The smallest absolute Gasteiger partial charge is 0.418 e. The highest BCUT2D eigenvalue weighted by Gasteiger charge is 2.33. The van der Waals surface area contributed by atoms with E-state index in [0.717, 1.165) is 11.6 Å². The Bertz CT molecular complexity index is 611. The number of phenols is 1. The van der Waals surface area contributed by atoms with Crippen molar-refractivity contribution in [3.8, 4) is 5.75 Å². The van der Waals surface area contributed by atoms with Crippen molar-refractivity contribution in [1.82, 2.24) is 0 Å². The van der Waals surface area contributed by atoms with E-state index >= 15 is 0 Å². The molecule has 0 atom stereocenters. The first-order chi connectivity index (χ1) is 9.86. The molecule has 0 aliphatic rings. The summed E-state index contributed by atoms with van der Waals surface area (Å²) in [6, 6.07) is 10.6. The highest BCUT2D eigenvalue weighted by molar-refractivity contribution is 9.10. The minimum absolute atomic E-state index is 0.0597. The first-order valence-electron chi connectivity index (χ1n) is 6.25. The molecule has 0 amide bonds. The lowest BCUT2D eigenvalue weighted by atomic mass is 10.1. The third kappa shape index (κ3) is 4.39. The van der Waals surface area contributed by atoms with Crippen LogP contribution in [0.5, 0.6) is 5.75 Å². The first-order valence-corrected chi connectivity index (χ1v) is 7.04. The van der Waals surface area contributed by atoms with Crippen LogP contribution in [-0.2, 0) is 12.6 Å². The number of aromatic hydroxyl groups is 1. The fraction of sp³-hybridized carbons (Fsp3) is 0.200. The molecule has 112 valence electrons. The van der Waals surface area contributed by atoms with Gasteiger partial charge in [0.15, 0.2) is 0 Å². The largest absolute Gasteiger partial charge is 0.508 e. The van der Waals surface area contributed by atoms with Crippen molar-refractivity contribution >= 4 is 21.6 Å². The van der Waals surface area contributed by atoms with Crippen LogP contribution in [0.3, 0.4) is 0 Å². The zero-order valence-electron chi connectivity index (χ0n) is 10.9. The Morgan fingerprint density at radius 3 is 2.33 bits per heavy atom. The molecule has 0 spiro atoms. The number of hydrogen-bond donors (Lipinski definition) is 2. The second-order valence-corrected chi connectivity index (χ2v) is 5.45. The van der Waals surface area contributed by atoms with E-state index in [-0.39, 0.29) is 11.4 Å². The maximum Gasteiger partial charge on any atom is 0.418 e. The monoisotopic (exact) mass is 359 g/mol. The fourth-order valence-corrected chi connectivity index (χ4v) is 2.27. The van der Waals surface area contributed by atoms with Gasteiger partial charge in [0.05, 0.1) is 5.56 Å². The molecule has 0 saturated carbocycles. The van der Waals surface area contributed by atoms with Crippen LogP contribution in [0.25, 0.3) is 0 Å².